The van der Waals surface area contributed by atoms with Crippen LogP contribution in [0.2, 0.25) is 0 Å². The summed E-state index contributed by atoms with van der Waals surface area (Å²) in [4.78, 5) is 15.3. The highest BCUT2D eigenvalue weighted by Gasteiger charge is 2.36. The number of carbonyl (C=O) groups is 1. The molecule has 7 nitrogen and oxygen atoms in total. The molecule has 9 heteroatoms. The summed E-state index contributed by atoms with van der Waals surface area (Å²) in [6.45, 7) is 4.44. The first-order valence-corrected chi connectivity index (χ1v) is 10.6. The Morgan fingerprint density at radius 2 is 1.85 bits per heavy atom. The van der Waals surface area contributed by atoms with E-state index in [4.69, 9.17) is 0 Å². The summed E-state index contributed by atoms with van der Waals surface area (Å²) in [5.74, 6) is -1.83. The van der Waals surface area contributed by atoms with E-state index < -0.39 is 11.6 Å². The van der Waals surface area contributed by atoms with Crippen molar-refractivity contribution in [3.63, 3.8) is 0 Å². The topological polar surface area (TPSA) is 68.8 Å². The normalized spacial score (nSPS) is 17.8. The monoisotopic (exact) mass is 448 g/mol. The van der Waals surface area contributed by atoms with Crippen molar-refractivity contribution in [3.05, 3.63) is 94.6 Å². The molecule has 0 aliphatic carbocycles. The highest BCUT2D eigenvalue weighted by atomic mass is 19.1. The molecule has 3 heterocycles. The SMILES string of the molecule is Cc1c(C2CN(C(=O)c3cn(-c4ccc(F)cc4F)nn3)C(C)c3ccccc32)cnn1C. The van der Waals surface area contributed by atoms with Crippen LogP contribution in [0.4, 0.5) is 8.78 Å². The molecule has 0 bridgehead atoms. The lowest BCUT2D eigenvalue weighted by Gasteiger charge is -2.39. The third kappa shape index (κ3) is 3.49. The molecule has 0 spiro atoms. The van der Waals surface area contributed by atoms with E-state index in [2.05, 4.69) is 21.5 Å². The van der Waals surface area contributed by atoms with Crippen LogP contribution in [0.15, 0.2) is 54.9 Å². The van der Waals surface area contributed by atoms with Crippen LogP contribution in [-0.4, -0.2) is 42.1 Å². The zero-order valence-electron chi connectivity index (χ0n) is 18.4. The molecule has 0 fully saturated rings. The molecule has 33 heavy (non-hydrogen) atoms. The maximum Gasteiger partial charge on any atom is 0.276 e. The standard InChI is InChI=1S/C24H22F2N6O/c1-14-19(11-27-30(14)3)20-12-31(15(2)17-6-4-5-7-18(17)20)24(33)22-13-32(29-28-22)23-9-8-16(25)10-21(23)26/h4-11,13,15,20H,12H2,1-3H3. The molecule has 0 radical (unpaired) electrons. The first-order chi connectivity index (χ1) is 15.8. The maximum absolute atomic E-state index is 14.2. The number of halogens is 2. The lowest BCUT2D eigenvalue weighted by atomic mass is 9.82. The average Bonchev–Trinajstić information content (AvgIpc) is 3.41. The minimum atomic E-state index is -0.786. The summed E-state index contributed by atoms with van der Waals surface area (Å²) in [7, 11) is 1.89. The van der Waals surface area contributed by atoms with Gasteiger partial charge in [-0.1, -0.05) is 29.5 Å². The third-order valence-corrected chi connectivity index (χ3v) is 6.45. The Kier molecular flexibility index (Phi) is 5.03. The Labute approximate surface area is 189 Å². The van der Waals surface area contributed by atoms with E-state index in [0.29, 0.717) is 6.54 Å². The fourth-order valence-corrected chi connectivity index (χ4v) is 4.51. The van der Waals surface area contributed by atoms with Crippen LogP contribution in [0, 0.1) is 18.6 Å². The zero-order chi connectivity index (χ0) is 23.3. The van der Waals surface area contributed by atoms with E-state index >= 15 is 0 Å². The number of hydrogen-bond acceptors (Lipinski definition) is 4. The first kappa shape index (κ1) is 21.0. The second kappa shape index (κ2) is 7.91. The fraction of sp³-hybridized carbons (Fsp3) is 0.250. The minimum Gasteiger partial charge on any atom is -0.329 e. The maximum atomic E-state index is 14.2. The molecule has 2 atom stereocenters. The molecule has 5 rings (SSSR count). The van der Waals surface area contributed by atoms with Crippen LogP contribution in [0.25, 0.3) is 5.69 Å². The number of amides is 1. The van der Waals surface area contributed by atoms with Crippen LogP contribution >= 0.6 is 0 Å². The van der Waals surface area contributed by atoms with E-state index in [9.17, 15) is 13.6 Å². The Balaban J connectivity index is 1.51. The van der Waals surface area contributed by atoms with Gasteiger partial charge in [-0.25, -0.2) is 13.5 Å². The molecule has 2 aromatic carbocycles. The summed E-state index contributed by atoms with van der Waals surface area (Å²) in [5, 5.41) is 12.3. The number of aromatic nitrogens is 5. The van der Waals surface area contributed by atoms with E-state index in [0.717, 1.165) is 33.6 Å². The van der Waals surface area contributed by atoms with Crippen LogP contribution in [0.1, 0.15) is 51.8 Å². The molecule has 4 aromatic rings. The molecule has 0 saturated heterocycles. The minimum absolute atomic E-state index is 0.0175. The number of carbonyl (C=O) groups excluding carboxylic acids is 1. The van der Waals surface area contributed by atoms with Crippen molar-refractivity contribution < 1.29 is 13.6 Å². The van der Waals surface area contributed by atoms with Crippen molar-refractivity contribution in [2.45, 2.75) is 25.8 Å². The Morgan fingerprint density at radius 3 is 2.55 bits per heavy atom. The zero-order valence-corrected chi connectivity index (χ0v) is 18.4. The lowest BCUT2D eigenvalue weighted by Crippen LogP contribution is -2.41. The van der Waals surface area contributed by atoms with Crippen molar-refractivity contribution in [2.75, 3.05) is 6.54 Å². The van der Waals surface area contributed by atoms with Gasteiger partial charge in [-0.3, -0.25) is 9.48 Å². The van der Waals surface area contributed by atoms with Crippen LogP contribution in [0.5, 0.6) is 0 Å². The molecule has 168 valence electrons. The second-order valence-electron chi connectivity index (χ2n) is 8.27. The predicted octanol–water partition coefficient (Wildman–Crippen LogP) is 3.94. The first-order valence-electron chi connectivity index (χ1n) is 10.6. The number of benzene rings is 2. The number of nitrogens with zero attached hydrogens (tertiary/aromatic N) is 6. The van der Waals surface area contributed by atoms with E-state index in [1.165, 1.54) is 17.8 Å². The number of hydrogen-bond donors (Lipinski definition) is 0. The van der Waals surface area contributed by atoms with Gasteiger partial charge < -0.3 is 4.90 Å². The average molecular weight is 448 g/mol. The van der Waals surface area contributed by atoms with Gasteiger partial charge in [0, 0.05) is 36.8 Å². The number of rotatable bonds is 3. The highest BCUT2D eigenvalue weighted by Crippen LogP contribution is 2.40. The van der Waals surface area contributed by atoms with Gasteiger partial charge in [0.1, 0.15) is 11.5 Å². The van der Waals surface area contributed by atoms with Gasteiger partial charge in [-0.2, -0.15) is 5.10 Å². The molecular weight excluding hydrogens is 426 g/mol. The summed E-state index contributed by atoms with van der Waals surface area (Å²) in [6.07, 6.45) is 3.22. The molecule has 0 saturated carbocycles. The summed E-state index contributed by atoms with van der Waals surface area (Å²) in [5.41, 5.74) is 4.43. The van der Waals surface area contributed by atoms with E-state index in [-0.39, 0.29) is 29.2 Å². The third-order valence-electron chi connectivity index (χ3n) is 6.45. The molecule has 2 aromatic heterocycles. The Hall–Kier alpha value is -3.88. The van der Waals surface area contributed by atoms with Crippen LogP contribution in [0.3, 0.4) is 0 Å². The quantitative estimate of drug-likeness (QED) is 0.476. The predicted molar refractivity (Wildman–Crippen MR) is 117 cm³/mol. The van der Waals surface area contributed by atoms with Crippen molar-refractivity contribution >= 4 is 5.91 Å². The second-order valence-corrected chi connectivity index (χ2v) is 8.27. The molecule has 0 N–H and O–H groups in total. The van der Waals surface area contributed by atoms with Crippen LogP contribution < -0.4 is 0 Å². The number of aryl methyl sites for hydroxylation is 1. The number of fused-ring (bicyclic) bond motifs is 1. The smallest absolute Gasteiger partial charge is 0.276 e. The van der Waals surface area contributed by atoms with Gasteiger partial charge >= 0.3 is 0 Å². The Morgan fingerprint density at radius 1 is 1.09 bits per heavy atom. The molecule has 1 amide bonds. The van der Waals surface area contributed by atoms with E-state index in [1.54, 1.807) is 4.90 Å². The summed E-state index contributed by atoms with van der Waals surface area (Å²) in [6, 6.07) is 11.1. The van der Waals surface area contributed by atoms with Gasteiger partial charge in [0.05, 0.1) is 18.4 Å². The lowest BCUT2D eigenvalue weighted by molar-refractivity contribution is 0.0658. The van der Waals surface area contributed by atoms with Gasteiger partial charge in [-0.05, 0) is 37.1 Å². The van der Waals surface area contributed by atoms with Gasteiger partial charge in [0.2, 0.25) is 0 Å². The summed E-state index contributed by atoms with van der Waals surface area (Å²) < 4.78 is 30.4. The largest absolute Gasteiger partial charge is 0.329 e. The molecule has 1 aliphatic rings. The summed E-state index contributed by atoms with van der Waals surface area (Å²) >= 11 is 0. The van der Waals surface area contributed by atoms with Gasteiger partial charge in [-0.15, -0.1) is 5.10 Å². The van der Waals surface area contributed by atoms with Gasteiger partial charge in [0.15, 0.2) is 11.5 Å². The Bertz CT molecular complexity index is 1360. The van der Waals surface area contributed by atoms with Crippen molar-refractivity contribution in [1.82, 2.24) is 29.7 Å². The van der Waals surface area contributed by atoms with Gasteiger partial charge in [0.25, 0.3) is 5.91 Å². The van der Waals surface area contributed by atoms with E-state index in [1.807, 2.05) is 50.0 Å². The molecule has 1 aliphatic heterocycles. The highest BCUT2D eigenvalue weighted by molar-refractivity contribution is 5.92. The van der Waals surface area contributed by atoms with Crippen molar-refractivity contribution in [3.8, 4) is 5.69 Å². The van der Waals surface area contributed by atoms with Crippen LogP contribution in [-0.2, 0) is 7.05 Å². The molecular formula is C24H22F2N6O. The molecule has 2 unspecified atom stereocenters. The fourth-order valence-electron chi connectivity index (χ4n) is 4.51. The van der Waals surface area contributed by atoms with Crippen molar-refractivity contribution in [2.24, 2.45) is 7.05 Å². The van der Waals surface area contributed by atoms with Crippen molar-refractivity contribution in [1.29, 1.82) is 0 Å².